The zero-order valence-corrected chi connectivity index (χ0v) is 42.8. The highest BCUT2D eigenvalue weighted by Crippen LogP contribution is 2.69. The summed E-state index contributed by atoms with van der Waals surface area (Å²) < 4.78 is 12.9. The second-order valence-corrected chi connectivity index (χ2v) is 20.9. The van der Waals surface area contributed by atoms with Crippen molar-refractivity contribution in [1.29, 1.82) is 0 Å². The first kappa shape index (κ1) is 53.7. The van der Waals surface area contributed by atoms with Gasteiger partial charge in [-0.25, -0.2) is 0 Å². The van der Waals surface area contributed by atoms with Crippen LogP contribution in [0.3, 0.4) is 0 Å². The number of hydrogen-bond acceptors (Lipinski definition) is 14. The Bertz CT molecular complexity index is 2270. The molecule has 2 heterocycles. The highest BCUT2D eigenvalue weighted by Gasteiger charge is 2.77. The predicted molar refractivity (Wildman–Crippen MR) is 270 cm³/mol. The molecule has 5 fully saturated rings. The summed E-state index contributed by atoms with van der Waals surface area (Å²) in [6.45, 7) is 6.52. The molecule has 11 atom stereocenters. The van der Waals surface area contributed by atoms with Gasteiger partial charge in [0.05, 0.1) is 17.1 Å². The number of aliphatic hydroxyl groups is 1. The molecule has 0 radical (unpaired) electrons. The van der Waals surface area contributed by atoms with Crippen molar-refractivity contribution >= 4 is 71.2 Å². The number of nitrogens with two attached hydrogens (primary N) is 1. The number of thiol groups is 1. The van der Waals surface area contributed by atoms with Crippen molar-refractivity contribution in [3.63, 3.8) is 0 Å². The average molecular weight is 1020 g/mol. The minimum atomic E-state index is -1.12. The van der Waals surface area contributed by atoms with Gasteiger partial charge in [-0.1, -0.05) is 36.4 Å². The minimum absolute atomic E-state index is 0.00294. The fraction of sp³-hybridized carbons (Fsp3) is 0.640. The van der Waals surface area contributed by atoms with Crippen molar-refractivity contribution in [2.24, 2.45) is 28.9 Å². The van der Waals surface area contributed by atoms with E-state index in [1.54, 1.807) is 11.9 Å². The SMILES string of the molecule is CC(=O)NC(CS)C(=O)NC(C)C(=O)NC(C)C(=O)NC(CCCCNC(=O)C(N)Cc1ccccc1)C(=O)NCCN(C)C(=S)OC1=C2O[C@H]3C(=O)CC[C@@]4(O)[C@H]5CC(C=C1)C2[C@@]34CCN5CC1CC1. The third-order valence-electron chi connectivity index (χ3n) is 15.2. The molecule has 2 saturated heterocycles. The van der Waals surface area contributed by atoms with Crippen LogP contribution in [0.5, 0.6) is 0 Å². The van der Waals surface area contributed by atoms with E-state index in [0.717, 1.165) is 25.1 Å². The van der Waals surface area contributed by atoms with E-state index in [0.29, 0.717) is 49.5 Å². The maximum absolute atomic E-state index is 13.8. The second-order valence-electron chi connectivity index (χ2n) is 20.2. The Morgan fingerprint density at radius 2 is 1.63 bits per heavy atom. The molecule has 1 aromatic carbocycles. The van der Waals surface area contributed by atoms with E-state index >= 15 is 0 Å². The normalized spacial score (nSPS) is 27.1. The third-order valence-corrected chi connectivity index (χ3v) is 15.9. The summed E-state index contributed by atoms with van der Waals surface area (Å²) in [5, 5.41) is 28.8. The largest absolute Gasteiger partial charge is 0.482 e. The number of nitrogens with one attached hydrogen (secondary N) is 6. The maximum Gasteiger partial charge on any atom is 0.264 e. The van der Waals surface area contributed by atoms with Crippen molar-refractivity contribution in [1.82, 2.24) is 41.7 Å². The summed E-state index contributed by atoms with van der Waals surface area (Å²) in [7, 11) is 1.72. The molecule has 6 amide bonds. The first-order valence-corrected chi connectivity index (χ1v) is 26.1. The molecular formula is C50H71N9O10S2. The van der Waals surface area contributed by atoms with E-state index < -0.39 is 76.9 Å². The number of ether oxygens (including phenoxy) is 2. The molecule has 7 rings (SSSR count). The number of carbonyl (C=O) groups excluding carboxylic acids is 7. The number of unbranched alkanes of at least 4 members (excludes halogenated alkanes) is 1. The topological polar surface area (TPSA) is 263 Å². The van der Waals surface area contributed by atoms with Gasteiger partial charge >= 0.3 is 0 Å². The van der Waals surface area contributed by atoms with Crippen LogP contribution < -0.4 is 37.6 Å². The maximum atomic E-state index is 13.8. The molecule has 1 spiro atoms. The van der Waals surface area contributed by atoms with E-state index in [-0.39, 0.29) is 73.0 Å². The summed E-state index contributed by atoms with van der Waals surface area (Å²) in [5.74, 6) is -1.68. The van der Waals surface area contributed by atoms with Gasteiger partial charge in [-0.2, -0.15) is 12.6 Å². The Morgan fingerprint density at radius 1 is 0.944 bits per heavy atom. The van der Waals surface area contributed by atoms with Crippen LogP contribution in [-0.4, -0.2) is 155 Å². The molecule has 7 unspecified atom stereocenters. The molecule has 6 aliphatic rings. The van der Waals surface area contributed by atoms with Gasteiger partial charge < -0.3 is 57.1 Å². The first-order chi connectivity index (χ1) is 33.9. The van der Waals surface area contributed by atoms with Gasteiger partial charge in [-0.05, 0) is 114 Å². The van der Waals surface area contributed by atoms with Gasteiger partial charge in [0, 0.05) is 64.3 Å². The molecule has 21 heteroatoms. The Labute approximate surface area is 426 Å². The molecule has 1 aromatic rings. The number of Topliss-reactive ketones (excluding diaryl/α,β-unsaturated/α-hetero) is 1. The Balaban J connectivity index is 0.936. The number of likely N-dealkylation sites (N-methyl/N-ethyl adjacent to an activating group) is 1. The Kier molecular flexibility index (Phi) is 17.5. The molecule has 19 nitrogen and oxygen atoms in total. The van der Waals surface area contributed by atoms with Gasteiger partial charge in [0.15, 0.2) is 17.6 Å². The third kappa shape index (κ3) is 12.1. The number of thiocarbonyl (C=S) groups is 1. The standard InChI is InChI=1S/C50H71N9O10S2/c1-28(55-47(66)36(27-70)56-30(3)60)43(62)54-29(2)44(63)57-35(12-8-9-20-52-45(64)34(51)24-31-10-6-5-7-11-31)46(65)53-21-23-58(4)48(71)68-38-16-15-33-25-39-50(67)18-17-37(61)42-49(50,40(33)41(38)69-42)19-22-59(39)26-32-13-14-32/h5-7,10-11,15-16,28-29,32-36,39-40,42,67,70H,8-9,12-14,17-27,51H2,1-4H3,(H,52,64)(H,53,65)(H,54,62)(H,55,66)(H,56,60)(H,57,63)/t28?,29?,33?,34?,35?,36?,39-,40?,42+,49+,50-/m1/s1. The summed E-state index contributed by atoms with van der Waals surface area (Å²) in [5.41, 5.74) is 5.27. The quantitative estimate of drug-likeness (QED) is 0.0411. The van der Waals surface area contributed by atoms with Crippen LogP contribution in [0.1, 0.15) is 84.1 Å². The monoisotopic (exact) mass is 1020 g/mol. The summed E-state index contributed by atoms with van der Waals surface area (Å²) in [6, 6.07) is 4.45. The van der Waals surface area contributed by atoms with Crippen LogP contribution in [0.2, 0.25) is 0 Å². The smallest absolute Gasteiger partial charge is 0.264 e. The lowest BCUT2D eigenvalue weighted by Crippen LogP contribution is -2.76. The van der Waals surface area contributed by atoms with E-state index in [1.807, 2.05) is 36.4 Å². The lowest BCUT2D eigenvalue weighted by Gasteiger charge is -2.65. The molecule has 3 saturated carbocycles. The number of allylic oxidation sites excluding steroid dienone is 3. The number of rotatable bonds is 23. The van der Waals surface area contributed by atoms with Crippen LogP contribution in [0.4, 0.5) is 0 Å². The molecule has 2 aliphatic heterocycles. The molecule has 9 N–H and O–H groups in total. The van der Waals surface area contributed by atoms with E-state index in [4.69, 9.17) is 27.4 Å². The summed E-state index contributed by atoms with van der Waals surface area (Å²) >= 11 is 9.85. The number of benzene rings is 1. The zero-order valence-electron chi connectivity index (χ0n) is 41.1. The first-order valence-electron chi connectivity index (χ1n) is 25.0. The van der Waals surface area contributed by atoms with E-state index in [2.05, 4.69) is 55.5 Å². The van der Waals surface area contributed by atoms with Gasteiger partial charge in [-0.15, -0.1) is 0 Å². The lowest BCUT2D eigenvalue weighted by molar-refractivity contribution is -0.244. The van der Waals surface area contributed by atoms with Gasteiger partial charge in [-0.3, -0.25) is 38.5 Å². The fourth-order valence-electron chi connectivity index (χ4n) is 11.2. The number of piperidine rings is 1. The van der Waals surface area contributed by atoms with Crippen LogP contribution in [-0.2, 0) is 49.5 Å². The van der Waals surface area contributed by atoms with E-state index in [9.17, 15) is 38.7 Å². The van der Waals surface area contributed by atoms with Crippen molar-refractivity contribution in [2.45, 2.75) is 133 Å². The zero-order chi connectivity index (χ0) is 51.2. The van der Waals surface area contributed by atoms with Gasteiger partial charge in [0.1, 0.15) is 29.9 Å². The number of carbonyl (C=O) groups is 7. The predicted octanol–water partition coefficient (Wildman–Crippen LogP) is 0.502. The van der Waals surface area contributed by atoms with Crippen LogP contribution >= 0.6 is 24.8 Å². The summed E-state index contributed by atoms with van der Waals surface area (Å²) in [4.78, 5) is 95.0. The lowest BCUT2D eigenvalue weighted by atomic mass is 9.44. The summed E-state index contributed by atoms with van der Waals surface area (Å²) in [6.07, 6.45) is 9.25. The molecule has 71 heavy (non-hydrogen) atoms. The molecule has 0 aromatic heterocycles. The van der Waals surface area contributed by atoms with Gasteiger partial charge in [0.25, 0.3) is 5.17 Å². The van der Waals surface area contributed by atoms with Gasteiger partial charge in [0.2, 0.25) is 35.4 Å². The fourth-order valence-corrected chi connectivity index (χ4v) is 11.7. The van der Waals surface area contributed by atoms with Crippen molar-refractivity contribution in [2.75, 3.05) is 45.5 Å². The second kappa shape index (κ2) is 23.2. The number of ketones is 1. The number of hydrogen-bond donors (Lipinski definition) is 9. The van der Waals surface area contributed by atoms with Crippen LogP contribution in [0, 0.1) is 23.2 Å². The molecule has 2 bridgehead atoms. The Hall–Kier alpha value is -5.09. The van der Waals surface area contributed by atoms with Crippen LogP contribution in [0.25, 0.3) is 0 Å². The number of amides is 6. The highest BCUT2D eigenvalue weighted by atomic mass is 32.1. The molecular weight excluding hydrogens is 951 g/mol. The van der Waals surface area contributed by atoms with Crippen molar-refractivity contribution in [3.8, 4) is 0 Å². The molecule has 4 aliphatic carbocycles. The Morgan fingerprint density at radius 3 is 2.32 bits per heavy atom. The number of likely N-dealkylation sites (tertiary alicyclic amines) is 1. The minimum Gasteiger partial charge on any atom is -0.482 e. The average Bonchev–Trinajstić information content (AvgIpc) is 4.09. The molecule has 388 valence electrons. The highest BCUT2D eigenvalue weighted by molar-refractivity contribution is 7.80. The van der Waals surface area contributed by atoms with E-state index in [1.165, 1.54) is 33.6 Å². The number of nitrogens with zero attached hydrogens (tertiary/aromatic N) is 2. The van der Waals surface area contributed by atoms with Crippen molar-refractivity contribution < 1.29 is 48.1 Å². The van der Waals surface area contributed by atoms with Crippen molar-refractivity contribution in [3.05, 3.63) is 59.6 Å². The van der Waals surface area contributed by atoms with Crippen LogP contribution in [0.15, 0.2) is 54.0 Å².